The first-order valence-corrected chi connectivity index (χ1v) is 14.2. The summed E-state index contributed by atoms with van der Waals surface area (Å²) in [5, 5.41) is 0. The Morgan fingerprint density at radius 2 is 2.07 bits per heavy atom. The van der Waals surface area contributed by atoms with Crippen LogP contribution in [0, 0.1) is 28.6 Å². The number of hydrogen-bond donors (Lipinski definition) is 0. The zero-order valence-electron chi connectivity index (χ0n) is 18.2. The SMILES string of the molecule is C=C1C[C@]23C[C@@]1(O[Si](C)(C)C)CCC2[C@@]12C=CCC(C)(C(=O)O1)C2[C@@H]3C(=O)OC. The van der Waals surface area contributed by atoms with Crippen molar-refractivity contribution in [2.24, 2.45) is 28.6 Å². The molecular formula is C23H32O5Si. The number of ether oxygens (including phenoxy) is 2. The quantitative estimate of drug-likeness (QED) is 0.395. The molecule has 29 heavy (non-hydrogen) atoms. The van der Waals surface area contributed by atoms with Gasteiger partial charge < -0.3 is 13.9 Å². The molecule has 5 aliphatic rings. The first-order valence-electron chi connectivity index (χ1n) is 10.8. The van der Waals surface area contributed by atoms with Gasteiger partial charge in [0.25, 0.3) is 0 Å². The molecule has 6 heteroatoms. The molecule has 0 aromatic heterocycles. The first-order chi connectivity index (χ1) is 13.4. The van der Waals surface area contributed by atoms with Crippen molar-refractivity contribution in [2.45, 2.75) is 69.9 Å². The Kier molecular flexibility index (Phi) is 3.67. The van der Waals surface area contributed by atoms with Gasteiger partial charge in [0.1, 0.15) is 5.60 Å². The van der Waals surface area contributed by atoms with Crippen LogP contribution in [0.3, 0.4) is 0 Å². The van der Waals surface area contributed by atoms with Crippen molar-refractivity contribution in [1.82, 2.24) is 0 Å². The highest BCUT2D eigenvalue weighted by atomic mass is 28.4. The maximum absolute atomic E-state index is 13.3. The molecule has 0 N–H and O–H groups in total. The van der Waals surface area contributed by atoms with E-state index in [9.17, 15) is 9.59 Å². The summed E-state index contributed by atoms with van der Waals surface area (Å²) in [5.74, 6) is -0.825. The van der Waals surface area contributed by atoms with E-state index in [0.717, 1.165) is 31.3 Å². The number of esters is 2. The summed E-state index contributed by atoms with van der Waals surface area (Å²) in [4.78, 5) is 26.3. The van der Waals surface area contributed by atoms with Crippen LogP contribution in [0.1, 0.15) is 39.0 Å². The first kappa shape index (κ1) is 19.6. The van der Waals surface area contributed by atoms with E-state index in [4.69, 9.17) is 13.9 Å². The fraction of sp³-hybridized carbons (Fsp3) is 0.739. The van der Waals surface area contributed by atoms with Crippen LogP contribution in [0.2, 0.25) is 19.6 Å². The lowest BCUT2D eigenvalue weighted by Gasteiger charge is -2.47. The van der Waals surface area contributed by atoms with Crippen molar-refractivity contribution in [3.05, 3.63) is 24.3 Å². The lowest BCUT2D eigenvalue weighted by atomic mass is 9.61. The standard InChI is InChI=1S/C23H32O5Si/c1-14-12-21-13-22(14,28-29(4,5)6)11-8-15(21)23-10-7-9-20(2,19(25)27-23)17(23)16(21)18(24)26-3/h7,10,15-17H,1,8-9,11-13H2,2-6H3/t15?,16-,17?,20?,21+,22+,23-/m1/s1. The van der Waals surface area contributed by atoms with Crippen molar-refractivity contribution >= 4 is 20.3 Å². The number of hydrogen-bond acceptors (Lipinski definition) is 5. The monoisotopic (exact) mass is 416 g/mol. The van der Waals surface area contributed by atoms with Crippen molar-refractivity contribution < 1.29 is 23.5 Å². The van der Waals surface area contributed by atoms with Crippen molar-refractivity contribution in [3.63, 3.8) is 0 Å². The van der Waals surface area contributed by atoms with E-state index in [1.807, 2.05) is 6.92 Å². The Bertz CT molecular complexity index is 858. The van der Waals surface area contributed by atoms with Crippen LogP contribution in [0.4, 0.5) is 0 Å². The molecule has 0 aromatic carbocycles. The molecule has 5 nitrogen and oxygen atoms in total. The van der Waals surface area contributed by atoms with Crippen molar-refractivity contribution in [3.8, 4) is 0 Å². The smallest absolute Gasteiger partial charge is 0.313 e. The second-order valence-corrected chi connectivity index (χ2v) is 15.7. The van der Waals surface area contributed by atoms with Gasteiger partial charge in [0.2, 0.25) is 0 Å². The van der Waals surface area contributed by atoms with Crippen LogP contribution < -0.4 is 0 Å². The molecule has 1 aliphatic heterocycles. The Morgan fingerprint density at radius 3 is 2.72 bits per heavy atom. The van der Waals surface area contributed by atoms with Gasteiger partial charge in [-0.3, -0.25) is 9.59 Å². The molecular weight excluding hydrogens is 384 g/mol. The molecule has 1 spiro atoms. The highest BCUT2D eigenvalue weighted by molar-refractivity contribution is 6.69. The Morgan fingerprint density at radius 1 is 1.34 bits per heavy atom. The van der Waals surface area contributed by atoms with Gasteiger partial charge in [0.15, 0.2) is 8.32 Å². The number of fused-ring (bicyclic) bond motifs is 1. The average Bonchev–Trinajstić information content (AvgIpc) is 3.02. The molecule has 1 saturated heterocycles. The van der Waals surface area contributed by atoms with Crippen LogP contribution in [-0.4, -0.2) is 38.6 Å². The van der Waals surface area contributed by atoms with E-state index in [2.05, 4.69) is 38.4 Å². The van der Waals surface area contributed by atoms with Gasteiger partial charge in [-0.25, -0.2) is 0 Å². The molecule has 3 unspecified atom stereocenters. The summed E-state index contributed by atoms with van der Waals surface area (Å²) in [7, 11) is -0.355. The number of rotatable bonds is 3. The van der Waals surface area contributed by atoms with E-state index in [1.54, 1.807) is 0 Å². The van der Waals surface area contributed by atoms with Gasteiger partial charge in [0, 0.05) is 11.8 Å². The molecule has 4 fully saturated rings. The Balaban J connectivity index is 1.69. The predicted molar refractivity (Wildman–Crippen MR) is 110 cm³/mol. The van der Waals surface area contributed by atoms with Gasteiger partial charge in [-0.1, -0.05) is 12.7 Å². The van der Waals surface area contributed by atoms with Gasteiger partial charge in [0.05, 0.1) is 24.0 Å². The van der Waals surface area contributed by atoms with Gasteiger partial charge in [-0.05, 0) is 75.7 Å². The molecule has 5 rings (SSSR count). The molecule has 158 valence electrons. The summed E-state index contributed by atoms with van der Waals surface area (Å²) in [6.07, 6.45) is 8.11. The number of methoxy groups -OCH3 is 1. The fourth-order valence-corrected chi connectivity index (χ4v) is 9.47. The second kappa shape index (κ2) is 5.44. The van der Waals surface area contributed by atoms with E-state index in [0.29, 0.717) is 6.42 Å². The zero-order chi connectivity index (χ0) is 21.0. The molecule has 0 radical (unpaired) electrons. The molecule has 4 bridgehead atoms. The predicted octanol–water partition coefficient (Wildman–Crippen LogP) is 4.00. The maximum atomic E-state index is 13.3. The summed E-state index contributed by atoms with van der Waals surface area (Å²) >= 11 is 0. The van der Waals surface area contributed by atoms with Crippen molar-refractivity contribution in [2.75, 3.05) is 7.11 Å². The topological polar surface area (TPSA) is 61.8 Å². The van der Waals surface area contributed by atoms with Crippen LogP contribution >= 0.6 is 0 Å². The molecule has 0 aromatic rings. The minimum absolute atomic E-state index is 0.101. The second-order valence-electron chi connectivity index (χ2n) is 11.2. The van der Waals surface area contributed by atoms with Crippen LogP contribution in [0.15, 0.2) is 24.3 Å². The normalized spacial score (nSPS) is 49.6. The zero-order valence-corrected chi connectivity index (χ0v) is 19.2. The lowest BCUT2D eigenvalue weighted by molar-refractivity contribution is -0.161. The lowest BCUT2D eigenvalue weighted by Crippen LogP contribution is -2.50. The molecule has 7 atom stereocenters. The van der Waals surface area contributed by atoms with E-state index < -0.39 is 19.3 Å². The van der Waals surface area contributed by atoms with Gasteiger partial charge >= 0.3 is 11.9 Å². The number of allylic oxidation sites excluding steroid dienone is 1. The third-order valence-corrected chi connectivity index (χ3v) is 9.62. The largest absolute Gasteiger partial charge is 0.469 e. The van der Waals surface area contributed by atoms with E-state index in [1.165, 1.54) is 7.11 Å². The van der Waals surface area contributed by atoms with Crippen molar-refractivity contribution in [1.29, 1.82) is 0 Å². The number of carbonyl (C=O) groups excluding carboxylic acids is 2. The maximum Gasteiger partial charge on any atom is 0.313 e. The highest BCUT2D eigenvalue weighted by Gasteiger charge is 2.82. The molecule has 0 amide bonds. The summed E-state index contributed by atoms with van der Waals surface area (Å²) in [6, 6.07) is 0. The van der Waals surface area contributed by atoms with Crippen LogP contribution in [0.5, 0.6) is 0 Å². The Hall–Kier alpha value is -1.40. The minimum atomic E-state index is -1.82. The molecule has 1 heterocycles. The van der Waals surface area contributed by atoms with Gasteiger partial charge in [-0.15, -0.1) is 0 Å². The molecule has 3 saturated carbocycles. The highest BCUT2D eigenvalue weighted by Crippen LogP contribution is 2.78. The van der Waals surface area contributed by atoms with Crippen LogP contribution in [-0.2, 0) is 23.5 Å². The third kappa shape index (κ3) is 2.15. The third-order valence-electron chi connectivity index (χ3n) is 8.61. The number of carbonyl (C=O) groups is 2. The Labute approximate surface area is 174 Å². The van der Waals surface area contributed by atoms with Crippen LogP contribution in [0.25, 0.3) is 0 Å². The van der Waals surface area contributed by atoms with E-state index in [-0.39, 0.29) is 40.7 Å². The fourth-order valence-electron chi connectivity index (χ4n) is 7.97. The summed E-state index contributed by atoms with van der Waals surface area (Å²) < 4.78 is 18.3. The summed E-state index contributed by atoms with van der Waals surface area (Å²) in [5.41, 5.74) is -0.929. The van der Waals surface area contributed by atoms with E-state index >= 15 is 0 Å². The molecule has 4 aliphatic carbocycles. The minimum Gasteiger partial charge on any atom is -0.469 e. The average molecular weight is 417 g/mol. The summed E-state index contributed by atoms with van der Waals surface area (Å²) in [6.45, 7) is 13.1. The van der Waals surface area contributed by atoms with Gasteiger partial charge in [-0.2, -0.15) is 0 Å².